The molecule has 1 aromatic heterocycles. The van der Waals surface area contributed by atoms with Crippen LogP contribution in [-0.4, -0.2) is 42.9 Å². The number of anilines is 1. The van der Waals surface area contributed by atoms with Crippen LogP contribution < -0.4 is 10.1 Å². The van der Waals surface area contributed by atoms with Gasteiger partial charge in [0.05, 0.1) is 18.5 Å². The smallest absolute Gasteiger partial charge is 0.256 e. The average molecular weight is 379 g/mol. The topological polar surface area (TPSA) is 69.7 Å². The Balaban J connectivity index is 2.03. The highest BCUT2D eigenvalue weighted by Crippen LogP contribution is 2.36. The average Bonchev–Trinajstić information content (AvgIpc) is 2.65. The molecule has 6 heteroatoms. The van der Waals surface area contributed by atoms with Gasteiger partial charge in [-0.25, -0.2) is 4.98 Å². The summed E-state index contributed by atoms with van der Waals surface area (Å²) in [6.45, 7) is 10.4. The second kappa shape index (κ2) is 10.6. The number of carbonyl (C=O) groups excluding carboxylic acids is 1. The van der Waals surface area contributed by atoms with Crippen molar-refractivity contribution in [2.45, 2.75) is 65.4 Å². The molecule has 1 aliphatic carbocycles. The monoisotopic (exact) mass is 378 g/mol. The van der Waals surface area contributed by atoms with Crippen molar-refractivity contribution in [2.24, 2.45) is 5.92 Å². The molecule has 1 amide bonds. The van der Waals surface area contributed by atoms with Crippen LogP contribution in [0.3, 0.4) is 0 Å². The highest BCUT2D eigenvalue weighted by atomic mass is 16.5. The molecule has 1 fully saturated rings. The van der Waals surface area contributed by atoms with Gasteiger partial charge in [0.15, 0.2) is 0 Å². The maximum Gasteiger partial charge on any atom is 0.256 e. The standard InChI is InChI=1S/C21H34N2O4/c1-5-10-27-21(9-7-8-16(3)14-21)20(24)23-18-13-17(4)19(22-15-18)26-12-11-25-6-2/h13,15-16H,5-12,14H2,1-4H3,(H,23,24)/t16-,21+/m1/s1. The number of rotatable bonds is 10. The first-order valence-corrected chi connectivity index (χ1v) is 10.1. The summed E-state index contributed by atoms with van der Waals surface area (Å²) in [5.74, 6) is 0.993. The Morgan fingerprint density at radius 2 is 2.15 bits per heavy atom. The summed E-state index contributed by atoms with van der Waals surface area (Å²) in [5.41, 5.74) is 0.825. The van der Waals surface area contributed by atoms with E-state index >= 15 is 0 Å². The Labute approximate surface area is 163 Å². The molecule has 0 bridgehead atoms. The summed E-state index contributed by atoms with van der Waals surface area (Å²) < 4.78 is 17.0. The SMILES string of the molecule is CCCO[C@@]1(C(=O)Nc2cnc(OCCOCC)c(C)c2)CCC[C@@H](C)C1. The van der Waals surface area contributed by atoms with Crippen molar-refractivity contribution in [1.29, 1.82) is 0 Å². The number of hydrogen-bond acceptors (Lipinski definition) is 5. The normalized spacial score (nSPS) is 22.4. The van der Waals surface area contributed by atoms with Crippen LogP contribution in [0.15, 0.2) is 12.3 Å². The molecule has 0 unspecified atom stereocenters. The molecule has 0 aliphatic heterocycles. The minimum absolute atomic E-state index is 0.0614. The molecule has 1 heterocycles. The second-order valence-corrected chi connectivity index (χ2v) is 7.39. The van der Waals surface area contributed by atoms with Crippen molar-refractivity contribution in [1.82, 2.24) is 4.98 Å². The van der Waals surface area contributed by atoms with E-state index in [2.05, 4.69) is 24.1 Å². The summed E-state index contributed by atoms with van der Waals surface area (Å²) in [5, 5.41) is 3.02. The molecule has 0 spiro atoms. The minimum atomic E-state index is -0.728. The Morgan fingerprint density at radius 1 is 1.33 bits per heavy atom. The van der Waals surface area contributed by atoms with E-state index in [9.17, 15) is 4.79 Å². The van der Waals surface area contributed by atoms with Crippen molar-refractivity contribution in [3.05, 3.63) is 17.8 Å². The minimum Gasteiger partial charge on any atom is -0.475 e. The van der Waals surface area contributed by atoms with Crippen LogP contribution in [0.2, 0.25) is 0 Å². The molecule has 27 heavy (non-hydrogen) atoms. The van der Waals surface area contributed by atoms with Crippen LogP contribution in [0.25, 0.3) is 0 Å². The van der Waals surface area contributed by atoms with E-state index in [1.54, 1.807) is 6.20 Å². The molecule has 0 radical (unpaired) electrons. The van der Waals surface area contributed by atoms with Gasteiger partial charge in [-0.05, 0) is 51.5 Å². The Morgan fingerprint density at radius 3 is 2.81 bits per heavy atom. The molecule has 1 aromatic rings. The van der Waals surface area contributed by atoms with Gasteiger partial charge in [0.2, 0.25) is 5.88 Å². The van der Waals surface area contributed by atoms with E-state index < -0.39 is 5.60 Å². The zero-order chi connectivity index (χ0) is 19.7. The number of hydrogen-bond donors (Lipinski definition) is 1. The fourth-order valence-electron chi connectivity index (χ4n) is 3.57. The first kappa shape index (κ1) is 21.6. The van der Waals surface area contributed by atoms with E-state index in [1.807, 2.05) is 19.9 Å². The number of aryl methyl sites for hydroxylation is 1. The van der Waals surface area contributed by atoms with Crippen LogP contribution in [0.4, 0.5) is 5.69 Å². The van der Waals surface area contributed by atoms with Crippen LogP contribution in [-0.2, 0) is 14.3 Å². The van der Waals surface area contributed by atoms with Crippen LogP contribution in [0, 0.1) is 12.8 Å². The van der Waals surface area contributed by atoms with E-state index in [0.29, 0.717) is 43.9 Å². The van der Waals surface area contributed by atoms with Gasteiger partial charge in [-0.3, -0.25) is 4.79 Å². The first-order valence-electron chi connectivity index (χ1n) is 10.1. The van der Waals surface area contributed by atoms with Crippen LogP contribution >= 0.6 is 0 Å². The third kappa shape index (κ3) is 6.18. The molecule has 6 nitrogen and oxygen atoms in total. The summed E-state index contributed by atoms with van der Waals surface area (Å²) in [4.78, 5) is 17.4. The first-order chi connectivity index (χ1) is 13.0. The number of ether oxygens (including phenoxy) is 3. The summed E-state index contributed by atoms with van der Waals surface area (Å²) in [6, 6.07) is 1.89. The van der Waals surface area contributed by atoms with E-state index in [0.717, 1.165) is 37.7 Å². The lowest BCUT2D eigenvalue weighted by Gasteiger charge is -2.38. The Kier molecular flexibility index (Phi) is 8.51. The van der Waals surface area contributed by atoms with Crippen LogP contribution in [0.5, 0.6) is 5.88 Å². The predicted octanol–water partition coefficient (Wildman–Crippen LogP) is 4.12. The lowest BCUT2D eigenvalue weighted by atomic mass is 9.78. The Hall–Kier alpha value is -1.66. The van der Waals surface area contributed by atoms with Gasteiger partial charge in [0.1, 0.15) is 12.2 Å². The van der Waals surface area contributed by atoms with Gasteiger partial charge in [0, 0.05) is 18.8 Å². The maximum absolute atomic E-state index is 13.1. The molecule has 1 aliphatic rings. The summed E-state index contributed by atoms with van der Waals surface area (Å²) in [7, 11) is 0. The van der Waals surface area contributed by atoms with Crippen molar-refractivity contribution >= 4 is 11.6 Å². The van der Waals surface area contributed by atoms with Gasteiger partial charge in [0.25, 0.3) is 5.91 Å². The third-order valence-corrected chi connectivity index (χ3v) is 4.91. The fourth-order valence-corrected chi connectivity index (χ4v) is 3.57. The molecule has 0 aromatic carbocycles. The van der Waals surface area contributed by atoms with Gasteiger partial charge in [-0.15, -0.1) is 0 Å². The van der Waals surface area contributed by atoms with E-state index in [1.165, 1.54) is 0 Å². The lowest BCUT2D eigenvalue weighted by Crippen LogP contribution is -2.48. The lowest BCUT2D eigenvalue weighted by molar-refractivity contribution is -0.148. The number of carbonyl (C=O) groups is 1. The van der Waals surface area contributed by atoms with Crippen molar-refractivity contribution in [3.63, 3.8) is 0 Å². The molecule has 0 saturated heterocycles. The predicted molar refractivity (Wildman–Crippen MR) is 106 cm³/mol. The highest BCUT2D eigenvalue weighted by molar-refractivity contribution is 5.97. The molecular formula is C21H34N2O4. The molecule has 2 rings (SSSR count). The summed E-state index contributed by atoms with van der Waals surface area (Å²) >= 11 is 0. The number of pyridine rings is 1. The van der Waals surface area contributed by atoms with Gasteiger partial charge >= 0.3 is 0 Å². The van der Waals surface area contributed by atoms with E-state index in [4.69, 9.17) is 14.2 Å². The number of nitrogens with one attached hydrogen (secondary N) is 1. The molecular weight excluding hydrogens is 344 g/mol. The molecule has 2 atom stereocenters. The molecule has 1 N–H and O–H groups in total. The highest BCUT2D eigenvalue weighted by Gasteiger charge is 2.42. The third-order valence-electron chi connectivity index (χ3n) is 4.91. The number of nitrogens with zero attached hydrogens (tertiary/aromatic N) is 1. The van der Waals surface area contributed by atoms with Gasteiger partial charge in [-0.2, -0.15) is 0 Å². The quantitative estimate of drug-likeness (QED) is 0.620. The van der Waals surface area contributed by atoms with Crippen molar-refractivity contribution < 1.29 is 19.0 Å². The van der Waals surface area contributed by atoms with E-state index in [-0.39, 0.29) is 5.91 Å². The van der Waals surface area contributed by atoms with Gasteiger partial charge in [-0.1, -0.05) is 20.3 Å². The number of aromatic nitrogens is 1. The molecule has 1 saturated carbocycles. The van der Waals surface area contributed by atoms with Gasteiger partial charge < -0.3 is 19.5 Å². The van der Waals surface area contributed by atoms with Crippen molar-refractivity contribution in [2.75, 3.05) is 31.7 Å². The number of amides is 1. The zero-order valence-electron chi connectivity index (χ0n) is 17.2. The molecule has 152 valence electrons. The summed E-state index contributed by atoms with van der Waals surface area (Å²) in [6.07, 6.45) is 6.25. The fraction of sp³-hybridized carbons (Fsp3) is 0.714. The Bertz CT molecular complexity index is 608. The van der Waals surface area contributed by atoms with Crippen molar-refractivity contribution in [3.8, 4) is 5.88 Å². The zero-order valence-corrected chi connectivity index (χ0v) is 17.2. The second-order valence-electron chi connectivity index (χ2n) is 7.39. The largest absolute Gasteiger partial charge is 0.475 e. The van der Waals surface area contributed by atoms with Crippen LogP contribution in [0.1, 0.15) is 58.4 Å². The maximum atomic E-state index is 13.1.